The number of piperidine rings is 1. The lowest BCUT2D eigenvalue weighted by molar-refractivity contribution is 0.0787. The van der Waals surface area contributed by atoms with E-state index in [4.69, 9.17) is 0 Å². The fraction of sp³-hybridized carbons (Fsp3) is 0.500. The highest BCUT2D eigenvalue weighted by Crippen LogP contribution is 2.68. The molecule has 1 N–H and O–H groups in total. The van der Waals surface area contributed by atoms with E-state index in [2.05, 4.69) is 5.32 Å². The number of alkyl halides is 2. The largest absolute Gasteiger partial charge is 0.316 e. The van der Waals surface area contributed by atoms with Crippen molar-refractivity contribution in [3.05, 3.63) is 35.9 Å². The monoisotopic (exact) mass is 209 g/mol. The zero-order chi connectivity index (χ0) is 10.5. The molecule has 2 aliphatic rings. The van der Waals surface area contributed by atoms with E-state index < -0.39 is 17.3 Å². The predicted octanol–water partition coefficient (Wildman–Crippen LogP) is 2.18. The second kappa shape index (κ2) is 2.79. The van der Waals surface area contributed by atoms with Crippen LogP contribution in [0.4, 0.5) is 8.78 Å². The number of halogens is 2. The third kappa shape index (κ3) is 0.991. The zero-order valence-corrected chi connectivity index (χ0v) is 8.34. The van der Waals surface area contributed by atoms with E-state index >= 15 is 0 Å². The molecule has 0 radical (unpaired) electrons. The first-order valence-corrected chi connectivity index (χ1v) is 5.33. The Kier molecular flexibility index (Phi) is 1.72. The Hall–Kier alpha value is -0.960. The first-order valence-electron chi connectivity index (χ1n) is 5.33. The third-order valence-electron chi connectivity index (χ3n) is 3.85. The first kappa shape index (κ1) is 9.28. The molecule has 1 nitrogen and oxygen atoms in total. The summed E-state index contributed by atoms with van der Waals surface area (Å²) in [4.78, 5) is 0. The van der Waals surface area contributed by atoms with Gasteiger partial charge in [0.2, 0.25) is 0 Å². The molecule has 1 aromatic carbocycles. The molecule has 1 saturated heterocycles. The van der Waals surface area contributed by atoms with Gasteiger partial charge in [-0.1, -0.05) is 30.3 Å². The Bertz CT molecular complexity index is 376. The minimum absolute atomic E-state index is 0.411. The van der Waals surface area contributed by atoms with E-state index in [1.54, 1.807) is 0 Å². The Balaban J connectivity index is 2.04. The normalized spacial score (nSPS) is 37.1. The van der Waals surface area contributed by atoms with Gasteiger partial charge in [-0.2, -0.15) is 0 Å². The van der Waals surface area contributed by atoms with Crippen LogP contribution in [0, 0.1) is 5.92 Å². The highest BCUT2D eigenvalue weighted by molar-refractivity contribution is 5.42. The van der Waals surface area contributed by atoms with Gasteiger partial charge in [0.1, 0.15) is 0 Å². The summed E-state index contributed by atoms with van der Waals surface area (Å²) in [5.41, 5.74) is -0.126. The third-order valence-corrected chi connectivity index (χ3v) is 3.85. The lowest BCUT2D eigenvalue weighted by Gasteiger charge is -2.21. The number of hydrogen-bond donors (Lipinski definition) is 1. The van der Waals surface area contributed by atoms with Crippen LogP contribution in [0.5, 0.6) is 0 Å². The summed E-state index contributed by atoms with van der Waals surface area (Å²) in [7, 11) is 0. The fourth-order valence-corrected chi connectivity index (χ4v) is 2.96. The summed E-state index contributed by atoms with van der Waals surface area (Å²) >= 11 is 0. The highest BCUT2D eigenvalue weighted by atomic mass is 19.3. The molecule has 1 aliphatic heterocycles. The van der Waals surface area contributed by atoms with Gasteiger partial charge in [-0.3, -0.25) is 0 Å². The molecule has 1 heterocycles. The molecule has 15 heavy (non-hydrogen) atoms. The molecule has 3 rings (SSSR count). The summed E-state index contributed by atoms with van der Waals surface area (Å²) in [6, 6.07) is 9.18. The summed E-state index contributed by atoms with van der Waals surface area (Å²) in [5.74, 6) is -2.97. The van der Waals surface area contributed by atoms with Gasteiger partial charge in [0.25, 0.3) is 5.92 Å². The fourth-order valence-electron chi connectivity index (χ4n) is 2.96. The molecule has 1 aromatic rings. The molecule has 0 amide bonds. The first-order chi connectivity index (χ1) is 7.19. The molecule has 1 saturated carbocycles. The van der Waals surface area contributed by atoms with Crippen LogP contribution in [0.1, 0.15) is 12.0 Å². The average Bonchev–Trinajstić information content (AvgIpc) is 2.80. The molecule has 0 bridgehead atoms. The second-order valence-corrected chi connectivity index (χ2v) is 4.48. The van der Waals surface area contributed by atoms with Gasteiger partial charge in [-0.15, -0.1) is 0 Å². The topological polar surface area (TPSA) is 12.0 Å². The van der Waals surface area contributed by atoms with Gasteiger partial charge in [0.05, 0.1) is 5.41 Å². The van der Waals surface area contributed by atoms with Gasteiger partial charge in [0, 0.05) is 12.5 Å². The molecular formula is C12H13F2N. The van der Waals surface area contributed by atoms with Crippen molar-refractivity contribution in [2.24, 2.45) is 5.92 Å². The van der Waals surface area contributed by atoms with Crippen LogP contribution in [0.25, 0.3) is 0 Å². The number of rotatable bonds is 1. The van der Waals surface area contributed by atoms with Gasteiger partial charge < -0.3 is 5.32 Å². The minimum Gasteiger partial charge on any atom is -0.316 e. The maximum absolute atomic E-state index is 13.8. The molecule has 1 aliphatic carbocycles. The van der Waals surface area contributed by atoms with Crippen LogP contribution < -0.4 is 5.32 Å². The van der Waals surface area contributed by atoms with Gasteiger partial charge in [-0.25, -0.2) is 8.78 Å². The van der Waals surface area contributed by atoms with Crippen LogP contribution in [-0.4, -0.2) is 19.0 Å². The Morgan fingerprint density at radius 2 is 1.93 bits per heavy atom. The van der Waals surface area contributed by atoms with Gasteiger partial charge in [-0.05, 0) is 18.5 Å². The van der Waals surface area contributed by atoms with Crippen LogP contribution in [0.3, 0.4) is 0 Å². The Morgan fingerprint density at radius 3 is 2.60 bits per heavy atom. The van der Waals surface area contributed by atoms with Crippen molar-refractivity contribution in [2.75, 3.05) is 13.1 Å². The van der Waals surface area contributed by atoms with Gasteiger partial charge >= 0.3 is 0 Å². The SMILES string of the molecule is FC1(F)[C@@H]2CCNC[C@@]21c1ccccc1. The van der Waals surface area contributed by atoms with Gasteiger partial charge in [0.15, 0.2) is 0 Å². The van der Waals surface area contributed by atoms with Crippen LogP contribution in [0.15, 0.2) is 30.3 Å². The smallest absolute Gasteiger partial charge is 0.263 e. The summed E-state index contributed by atoms with van der Waals surface area (Å²) in [5, 5.41) is 3.09. The molecule has 2 fully saturated rings. The summed E-state index contributed by atoms with van der Waals surface area (Å²) in [6.07, 6.45) is 0.585. The van der Waals surface area contributed by atoms with Crippen molar-refractivity contribution in [3.8, 4) is 0 Å². The highest BCUT2D eigenvalue weighted by Gasteiger charge is 2.80. The van der Waals surface area contributed by atoms with Crippen LogP contribution in [0.2, 0.25) is 0 Å². The van der Waals surface area contributed by atoms with Crippen LogP contribution >= 0.6 is 0 Å². The second-order valence-electron chi connectivity index (χ2n) is 4.48. The molecule has 0 unspecified atom stereocenters. The van der Waals surface area contributed by atoms with Crippen molar-refractivity contribution in [3.63, 3.8) is 0 Å². The van der Waals surface area contributed by atoms with E-state index in [0.717, 1.165) is 12.1 Å². The number of benzene rings is 1. The summed E-state index contributed by atoms with van der Waals surface area (Å²) in [6.45, 7) is 1.13. The molecule has 0 aromatic heterocycles. The van der Waals surface area contributed by atoms with E-state index in [1.165, 1.54) is 0 Å². The Labute approximate surface area is 87.5 Å². The molecular weight excluding hydrogens is 196 g/mol. The number of fused-ring (bicyclic) bond motifs is 1. The molecule has 2 atom stereocenters. The average molecular weight is 209 g/mol. The number of hydrogen-bond acceptors (Lipinski definition) is 1. The zero-order valence-electron chi connectivity index (χ0n) is 8.34. The lowest BCUT2D eigenvalue weighted by atomic mass is 9.90. The molecule has 80 valence electrons. The quantitative estimate of drug-likeness (QED) is 0.747. The maximum Gasteiger partial charge on any atom is 0.263 e. The van der Waals surface area contributed by atoms with Crippen molar-refractivity contribution in [2.45, 2.75) is 17.8 Å². The van der Waals surface area contributed by atoms with Crippen molar-refractivity contribution >= 4 is 0 Å². The maximum atomic E-state index is 13.8. The van der Waals surface area contributed by atoms with Crippen molar-refractivity contribution in [1.29, 1.82) is 0 Å². The standard InChI is InChI=1S/C12H13F2N/c13-12(14)10-6-7-15-8-11(10,12)9-4-2-1-3-5-9/h1-5,10,15H,6-8H2/t10-,11-/m1/s1. The van der Waals surface area contributed by atoms with E-state index in [0.29, 0.717) is 13.0 Å². The van der Waals surface area contributed by atoms with Crippen LogP contribution in [-0.2, 0) is 5.41 Å². The Morgan fingerprint density at radius 1 is 1.20 bits per heavy atom. The lowest BCUT2D eigenvalue weighted by Crippen LogP contribution is -2.35. The molecule has 0 spiro atoms. The van der Waals surface area contributed by atoms with E-state index in [9.17, 15) is 8.78 Å². The predicted molar refractivity (Wildman–Crippen MR) is 54.0 cm³/mol. The minimum atomic E-state index is -2.52. The number of nitrogens with one attached hydrogen (secondary N) is 1. The summed E-state index contributed by atoms with van der Waals surface area (Å²) < 4.78 is 27.6. The molecule has 3 heteroatoms. The van der Waals surface area contributed by atoms with E-state index in [-0.39, 0.29) is 0 Å². The van der Waals surface area contributed by atoms with Crippen molar-refractivity contribution < 1.29 is 8.78 Å². The van der Waals surface area contributed by atoms with Crippen molar-refractivity contribution in [1.82, 2.24) is 5.32 Å². The van der Waals surface area contributed by atoms with E-state index in [1.807, 2.05) is 30.3 Å².